The first-order valence-electron chi connectivity index (χ1n) is 8.90. The lowest BCUT2D eigenvalue weighted by atomic mass is 9.96. The van der Waals surface area contributed by atoms with Crippen LogP contribution in [0, 0.1) is 5.92 Å². The highest BCUT2D eigenvalue weighted by molar-refractivity contribution is 5.79. The van der Waals surface area contributed by atoms with E-state index in [1.165, 1.54) is 12.8 Å². The first-order valence-corrected chi connectivity index (χ1v) is 8.90. The molecule has 1 saturated carbocycles. The molecule has 0 bridgehead atoms. The highest BCUT2D eigenvalue weighted by Gasteiger charge is 2.32. The summed E-state index contributed by atoms with van der Waals surface area (Å²) in [7, 11) is 4.27. The number of benzene rings is 1. The molecular weight excluding hydrogens is 300 g/mol. The number of guanidine groups is 1. The SMILES string of the molecule is CCNC(=NCC(C)(O)c1ccccc1)NCC(C1CC1)N(C)C. The zero-order chi connectivity index (χ0) is 17.6. The van der Waals surface area contributed by atoms with Gasteiger partial charge in [-0.2, -0.15) is 0 Å². The molecule has 1 aliphatic rings. The van der Waals surface area contributed by atoms with E-state index < -0.39 is 5.60 Å². The molecule has 1 aromatic rings. The Morgan fingerprint density at radius 1 is 1.29 bits per heavy atom. The van der Waals surface area contributed by atoms with Gasteiger partial charge in [0.2, 0.25) is 0 Å². The van der Waals surface area contributed by atoms with Gasteiger partial charge in [0, 0.05) is 19.1 Å². The van der Waals surface area contributed by atoms with E-state index in [0.29, 0.717) is 12.6 Å². The number of nitrogens with zero attached hydrogens (tertiary/aromatic N) is 2. The van der Waals surface area contributed by atoms with E-state index in [2.05, 4.69) is 41.5 Å². The van der Waals surface area contributed by atoms with Crippen LogP contribution >= 0.6 is 0 Å². The maximum atomic E-state index is 10.7. The average Bonchev–Trinajstić information content (AvgIpc) is 3.38. The Bertz CT molecular complexity index is 521. The Morgan fingerprint density at radius 2 is 1.96 bits per heavy atom. The topological polar surface area (TPSA) is 59.9 Å². The molecule has 24 heavy (non-hydrogen) atoms. The van der Waals surface area contributed by atoms with E-state index in [1.807, 2.05) is 37.3 Å². The van der Waals surface area contributed by atoms with Crippen molar-refractivity contribution in [3.63, 3.8) is 0 Å². The second-order valence-electron chi connectivity index (χ2n) is 7.08. The summed E-state index contributed by atoms with van der Waals surface area (Å²) < 4.78 is 0. The molecule has 1 fully saturated rings. The van der Waals surface area contributed by atoms with Gasteiger partial charge in [0.15, 0.2) is 5.96 Å². The van der Waals surface area contributed by atoms with E-state index in [4.69, 9.17) is 0 Å². The fourth-order valence-corrected chi connectivity index (χ4v) is 2.92. The summed E-state index contributed by atoms with van der Waals surface area (Å²) >= 11 is 0. The lowest BCUT2D eigenvalue weighted by Crippen LogP contribution is -2.46. The lowest BCUT2D eigenvalue weighted by molar-refractivity contribution is 0.0672. The standard InChI is InChI=1S/C19H32N4O/c1-5-20-18(21-13-17(23(3)4)15-11-12-15)22-14-19(2,24)16-9-7-6-8-10-16/h6-10,15,17,24H,5,11-14H2,1-4H3,(H2,20,21,22). The molecular formula is C19H32N4O. The monoisotopic (exact) mass is 332 g/mol. The van der Waals surface area contributed by atoms with Crippen molar-refractivity contribution in [2.24, 2.45) is 10.9 Å². The Balaban J connectivity index is 1.97. The van der Waals surface area contributed by atoms with E-state index in [-0.39, 0.29) is 0 Å². The smallest absolute Gasteiger partial charge is 0.191 e. The minimum absolute atomic E-state index is 0.322. The van der Waals surface area contributed by atoms with Crippen LogP contribution in [0.4, 0.5) is 0 Å². The predicted octanol–water partition coefficient (Wildman–Crippen LogP) is 1.79. The summed E-state index contributed by atoms with van der Waals surface area (Å²) in [6.07, 6.45) is 2.64. The Morgan fingerprint density at radius 3 is 2.50 bits per heavy atom. The molecule has 0 aromatic heterocycles. The zero-order valence-electron chi connectivity index (χ0n) is 15.4. The third-order valence-electron chi connectivity index (χ3n) is 4.59. The Hall–Kier alpha value is -1.59. The van der Waals surface area contributed by atoms with E-state index in [1.54, 1.807) is 0 Å². The third-order valence-corrected chi connectivity index (χ3v) is 4.59. The molecule has 0 spiro atoms. The summed E-state index contributed by atoms with van der Waals surface area (Å²) in [6, 6.07) is 10.2. The molecule has 2 rings (SSSR count). The normalized spacial score (nSPS) is 19.0. The highest BCUT2D eigenvalue weighted by atomic mass is 16.3. The van der Waals surface area contributed by atoms with Gasteiger partial charge in [0.05, 0.1) is 6.54 Å². The van der Waals surface area contributed by atoms with Gasteiger partial charge in [-0.25, -0.2) is 4.99 Å². The van der Waals surface area contributed by atoms with Crippen LogP contribution in [0.2, 0.25) is 0 Å². The van der Waals surface area contributed by atoms with Crippen molar-refractivity contribution in [1.29, 1.82) is 0 Å². The molecule has 0 radical (unpaired) electrons. The number of hydrogen-bond donors (Lipinski definition) is 3. The minimum atomic E-state index is -0.971. The molecule has 1 aromatic carbocycles. The number of likely N-dealkylation sites (N-methyl/N-ethyl adjacent to an activating group) is 1. The fourth-order valence-electron chi connectivity index (χ4n) is 2.92. The summed E-state index contributed by atoms with van der Waals surface area (Å²) in [5, 5.41) is 17.4. The van der Waals surface area contributed by atoms with Crippen molar-refractivity contribution in [1.82, 2.24) is 15.5 Å². The molecule has 5 heteroatoms. The summed E-state index contributed by atoms with van der Waals surface area (Å²) in [4.78, 5) is 6.88. The van der Waals surface area contributed by atoms with Gasteiger partial charge in [0.1, 0.15) is 5.60 Å². The minimum Gasteiger partial charge on any atom is -0.384 e. The Kier molecular flexibility index (Phi) is 6.63. The quantitative estimate of drug-likeness (QED) is 0.502. The van der Waals surface area contributed by atoms with E-state index in [9.17, 15) is 5.11 Å². The van der Waals surface area contributed by atoms with Crippen LogP contribution in [0.3, 0.4) is 0 Å². The van der Waals surface area contributed by atoms with Gasteiger partial charge >= 0.3 is 0 Å². The van der Waals surface area contributed by atoms with Crippen molar-refractivity contribution >= 4 is 5.96 Å². The van der Waals surface area contributed by atoms with Crippen molar-refractivity contribution in [3.8, 4) is 0 Å². The van der Waals surface area contributed by atoms with Crippen LogP contribution in [0.15, 0.2) is 35.3 Å². The number of aliphatic imine (C=N–C) groups is 1. The number of aliphatic hydroxyl groups is 1. The van der Waals surface area contributed by atoms with E-state index >= 15 is 0 Å². The molecule has 0 heterocycles. The molecule has 0 aliphatic heterocycles. The van der Waals surface area contributed by atoms with Crippen LogP contribution in [0.5, 0.6) is 0 Å². The second kappa shape index (κ2) is 8.49. The van der Waals surface area contributed by atoms with E-state index in [0.717, 1.165) is 30.5 Å². The summed E-state index contributed by atoms with van der Waals surface area (Å²) in [6.45, 7) is 5.85. The van der Waals surface area contributed by atoms with Crippen molar-refractivity contribution in [2.75, 3.05) is 33.7 Å². The largest absolute Gasteiger partial charge is 0.384 e. The van der Waals surface area contributed by atoms with Crippen LogP contribution in [0.25, 0.3) is 0 Å². The molecule has 0 amide bonds. The third kappa shape index (κ3) is 5.49. The molecule has 1 aliphatic carbocycles. The first-order chi connectivity index (χ1) is 11.4. The Labute approximate surface area is 146 Å². The molecule has 0 saturated heterocycles. The molecule has 134 valence electrons. The predicted molar refractivity (Wildman–Crippen MR) is 100 cm³/mol. The molecule has 2 atom stereocenters. The van der Waals surface area contributed by atoms with Crippen LogP contribution in [0.1, 0.15) is 32.3 Å². The van der Waals surface area contributed by atoms with Gasteiger partial charge in [-0.1, -0.05) is 30.3 Å². The average molecular weight is 332 g/mol. The highest BCUT2D eigenvalue weighted by Crippen LogP contribution is 2.34. The number of rotatable bonds is 8. The van der Waals surface area contributed by atoms with Crippen molar-refractivity contribution < 1.29 is 5.11 Å². The van der Waals surface area contributed by atoms with Crippen LogP contribution < -0.4 is 10.6 Å². The van der Waals surface area contributed by atoms with Gasteiger partial charge in [-0.15, -0.1) is 0 Å². The molecule has 3 N–H and O–H groups in total. The number of hydrogen-bond acceptors (Lipinski definition) is 3. The van der Waals surface area contributed by atoms with Crippen molar-refractivity contribution in [2.45, 2.75) is 38.3 Å². The maximum Gasteiger partial charge on any atom is 0.191 e. The van der Waals surface area contributed by atoms with Gasteiger partial charge in [0.25, 0.3) is 0 Å². The number of nitrogens with one attached hydrogen (secondary N) is 2. The van der Waals surface area contributed by atoms with Crippen LogP contribution in [-0.4, -0.2) is 55.7 Å². The molecule has 5 nitrogen and oxygen atoms in total. The van der Waals surface area contributed by atoms with Gasteiger partial charge in [-0.3, -0.25) is 0 Å². The van der Waals surface area contributed by atoms with Gasteiger partial charge in [-0.05, 0) is 52.3 Å². The molecule has 2 unspecified atom stereocenters. The van der Waals surface area contributed by atoms with Gasteiger partial charge < -0.3 is 20.6 Å². The van der Waals surface area contributed by atoms with Crippen molar-refractivity contribution in [3.05, 3.63) is 35.9 Å². The lowest BCUT2D eigenvalue weighted by Gasteiger charge is -2.26. The van der Waals surface area contributed by atoms with Crippen LogP contribution in [-0.2, 0) is 5.60 Å². The fraction of sp³-hybridized carbons (Fsp3) is 0.632. The maximum absolute atomic E-state index is 10.7. The summed E-state index contributed by atoms with van der Waals surface area (Å²) in [5.74, 6) is 1.56. The second-order valence-corrected chi connectivity index (χ2v) is 7.08. The zero-order valence-corrected chi connectivity index (χ0v) is 15.4. The first kappa shape index (κ1) is 18.7. The summed E-state index contributed by atoms with van der Waals surface area (Å²) in [5.41, 5.74) is -0.0881.